The van der Waals surface area contributed by atoms with E-state index in [1.165, 1.54) is 19.3 Å². The van der Waals surface area contributed by atoms with Crippen molar-refractivity contribution in [3.05, 3.63) is 0 Å². The van der Waals surface area contributed by atoms with E-state index in [0.29, 0.717) is 29.6 Å². The number of carbonyl (C=O) groups is 2. The van der Waals surface area contributed by atoms with Gasteiger partial charge in [0.2, 0.25) is 0 Å². The van der Waals surface area contributed by atoms with Crippen LogP contribution in [0.5, 0.6) is 0 Å². The predicted octanol–water partition coefficient (Wildman–Crippen LogP) is 5.35. The molecule has 4 fully saturated rings. The van der Waals surface area contributed by atoms with Gasteiger partial charge in [0.05, 0.1) is 0 Å². The minimum absolute atomic E-state index is 0.0353. The van der Waals surface area contributed by atoms with Crippen LogP contribution >= 0.6 is 0 Å². The molecule has 27 heavy (non-hydrogen) atoms. The van der Waals surface area contributed by atoms with Gasteiger partial charge in [0.1, 0.15) is 11.4 Å². The van der Waals surface area contributed by atoms with E-state index in [2.05, 4.69) is 20.8 Å². The van der Waals surface area contributed by atoms with Crippen LogP contribution in [-0.2, 0) is 14.3 Å². The third kappa shape index (κ3) is 2.78. The summed E-state index contributed by atoms with van der Waals surface area (Å²) in [5.41, 5.74) is -0.240. The Bertz CT molecular complexity index is 627. The molecule has 4 aliphatic rings. The molecule has 7 atom stereocenters. The van der Waals surface area contributed by atoms with Crippen LogP contribution in [0.4, 0.5) is 0 Å². The van der Waals surface area contributed by atoms with Crippen molar-refractivity contribution in [1.82, 2.24) is 0 Å². The molecule has 0 N–H and O–H groups in total. The van der Waals surface area contributed by atoms with Gasteiger partial charge >= 0.3 is 0 Å². The Morgan fingerprint density at radius 2 is 1.85 bits per heavy atom. The van der Waals surface area contributed by atoms with Crippen molar-refractivity contribution in [2.45, 2.75) is 97.5 Å². The van der Waals surface area contributed by atoms with Crippen LogP contribution in [0.1, 0.15) is 91.9 Å². The third-order valence-electron chi connectivity index (χ3n) is 9.64. The molecule has 7 unspecified atom stereocenters. The zero-order chi connectivity index (χ0) is 19.4. The zero-order valence-electron chi connectivity index (χ0n) is 17.8. The molecule has 0 amide bonds. The molecule has 0 heterocycles. The van der Waals surface area contributed by atoms with E-state index in [1.54, 1.807) is 6.92 Å². The van der Waals surface area contributed by atoms with Gasteiger partial charge in [-0.2, -0.15) is 0 Å². The number of carbonyl (C=O) groups excluding carboxylic acids is 2. The fraction of sp³-hybridized carbons (Fsp3) is 0.917. The number of rotatable bonds is 4. The number of fused-ring (bicyclic) bond motifs is 5. The summed E-state index contributed by atoms with van der Waals surface area (Å²) in [6, 6.07) is 0. The fourth-order valence-electron chi connectivity index (χ4n) is 7.85. The Kier molecular flexibility index (Phi) is 4.85. The summed E-state index contributed by atoms with van der Waals surface area (Å²) in [5.74, 6) is 3.42. The van der Waals surface area contributed by atoms with Gasteiger partial charge in [0.15, 0.2) is 5.78 Å². The molecule has 4 rings (SSSR count). The summed E-state index contributed by atoms with van der Waals surface area (Å²) in [6.07, 6.45) is 10.6. The first-order valence-electron chi connectivity index (χ1n) is 11.4. The summed E-state index contributed by atoms with van der Waals surface area (Å²) >= 11 is 0. The second-order valence-corrected chi connectivity index (χ2v) is 10.7. The maximum atomic E-state index is 12.6. The molecule has 0 saturated heterocycles. The van der Waals surface area contributed by atoms with E-state index in [4.69, 9.17) is 4.74 Å². The molecule has 0 radical (unpaired) electrons. The molecule has 0 aromatic carbocycles. The number of Topliss-reactive ketones (excluding diaryl/α,β-unsaturated/α-hetero) is 2. The molecule has 4 aliphatic carbocycles. The van der Waals surface area contributed by atoms with E-state index in [0.717, 1.165) is 56.8 Å². The highest BCUT2D eigenvalue weighted by molar-refractivity contribution is 5.87. The number of hydrogen-bond acceptors (Lipinski definition) is 3. The highest BCUT2D eigenvalue weighted by Gasteiger charge is 2.62. The van der Waals surface area contributed by atoms with E-state index >= 15 is 0 Å². The van der Waals surface area contributed by atoms with Crippen molar-refractivity contribution in [3.63, 3.8) is 0 Å². The predicted molar refractivity (Wildman–Crippen MR) is 106 cm³/mol. The van der Waals surface area contributed by atoms with E-state index in [1.807, 2.05) is 0 Å². The second kappa shape index (κ2) is 6.68. The maximum absolute atomic E-state index is 12.6. The summed E-state index contributed by atoms with van der Waals surface area (Å²) < 4.78 is 6.22. The fourth-order valence-corrected chi connectivity index (χ4v) is 7.85. The van der Waals surface area contributed by atoms with E-state index in [-0.39, 0.29) is 11.2 Å². The van der Waals surface area contributed by atoms with E-state index < -0.39 is 5.60 Å². The van der Waals surface area contributed by atoms with Gasteiger partial charge in [-0.1, -0.05) is 20.8 Å². The lowest BCUT2D eigenvalue weighted by atomic mass is 9.44. The molecule has 3 heteroatoms. The SMILES string of the molecule is CCCOC1(C(C)=O)CCC2(C)C(CCC3C4CCC(=O)C4(C)CCC32)C1. The number of ketones is 2. The first-order valence-corrected chi connectivity index (χ1v) is 11.4. The van der Waals surface area contributed by atoms with Crippen LogP contribution in [0.25, 0.3) is 0 Å². The number of hydrogen-bond donors (Lipinski definition) is 0. The highest BCUT2D eigenvalue weighted by Crippen LogP contribution is 2.66. The molecular weight excluding hydrogens is 336 g/mol. The molecule has 0 bridgehead atoms. The molecule has 0 aliphatic heterocycles. The van der Waals surface area contributed by atoms with Crippen molar-refractivity contribution >= 4 is 11.6 Å². The van der Waals surface area contributed by atoms with Crippen molar-refractivity contribution in [2.24, 2.45) is 34.5 Å². The molecule has 0 aromatic rings. The van der Waals surface area contributed by atoms with E-state index in [9.17, 15) is 9.59 Å². The summed E-state index contributed by atoms with van der Waals surface area (Å²) in [4.78, 5) is 25.1. The molecular formula is C24H38O3. The first-order chi connectivity index (χ1) is 12.8. The largest absolute Gasteiger partial charge is 0.367 e. The lowest BCUT2D eigenvalue weighted by Crippen LogP contribution is -2.57. The highest BCUT2D eigenvalue weighted by atomic mass is 16.5. The van der Waals surface area contributed by atoms with Crippen LogP contribution in [0, 0.1) is 34.5 Å². The van der Waals surface area contributed by atoms with Crippen LogP contribution in [-0.4, -0.2) is 23.8 Å². The first kappa shape index (κ1) is 19.6. The standard InChI is InChI=1S/C24H38O3/c1-5-14-27-24(16(2)25)13-12-22(3)17(15-24)6-7-18-19-8-9-21(26)23(19,4)11-10-20(18)22/h17-20H,5-15H2,1-4H3. The Balaban J connectivity index is 1.57. The third-order valence-corrected chi connectivity index (χ3v) is 9.64. The molecule has 0 aromatic heterocycles. The summed E-state index contributed by atoms with van der Waals surface area (Å²) in [7, 11) is 0. The molecule has 4 saturated carbocycles. The van der Waals surface area contributed by atoms with Gasteiger partial charge in [-0.05, 0) is 93.8 Å². The topological polar surface area (TPSA) is 43.4 Å². The summed E-state index contributed by atoms with van der Waals surface area (Å²) in [6.45, 7) is 9.32. The molecule has 0 spiro atoms. The normalized spacial score (nSPS) is 49.3. The van der Waals surface area contributed by atoms with Crippen LogP contribution < -0.4 is 0 Å². The summed E-state index contributed by atoms with van der Waals surface area (Å²) in [5, 5.41) is 0. The Hall–Kier alpha value is -0.700. The molecule has 152 valence electrons. The average Bonchev–Trinajstić information content (AvgIpc) is 2.95. The quantitative estimate of drug-likeness (QED) is 0.666. The average molecular weight is 375 g/mol. The smallest absolute Gasteiger partial charge is 0.161 e. The van der Waals surface area contributed by atoms with Gasteiger partial charge in [-0.3, -0.25) is 9.59 Å². The van der Waals surface area contributed by atoms with Crippen LogP contribution in [0.3, 0.4) is 0 Å². The minimum atomic E-state index is -0.528. The lowest BCUT2D eigenvalue weighted by Gasteiger charge is -2.61. The zero-order valence-corrected chi connectivity index (χ0v) is 17.8. The Morgan fingerprint density at radius 1 is 1.07 bits per heavy atom. The Morgan fingerprint density at radius 3 is 2.56 bits per heavy atom. The van der Waals surface area contributed by atoms with Gasteiger partial charge in [0, 0.05) is 18.4 Å². The monoisotopic (exact) mass is 374 g/mol. The van der Waals surface area contributed by atoms with Gasteiger partial charge in [-0.15, -0.1) is 0 Å². The minimum Gasteiger partial charge on any atom is -0.367 e. The lowest BCUT2D eigenvalue weighted by molar-refractivity contribution is -0.176. The van der Waals surface area contributed by atoms with Gasteiger partial charge in [-0.25, -0.2) is 0 Å². The number of ether oxygens (including phenoxy) is 1. The maximum Gasteiger partial charge on any atom is 0.161 e. The van der Waals surface area contributed by atoms with Crippen molar-refractivity contribution in [1.29, 1.82) is 0 Å². The van der Waals surface area contributed by atoms with Gasteiger partial charge in [0.25, 0.3) is 0 Å². The van der Waals surface area contributed by atoms with Gasteiger partial charge < -0.3 is 4.74 Å². The van der Waals surface area contributed by atoms with Crippen molar-refractivity contribution < 1.29 is 14.3 Å². The van der Waals surface area contributed by atoms with Crippen LogP contribution in [0.2, 0.25) is 0 Å². The Labute approximate surface area is 165 Å². The second-order valence-electron chi connectivity index (χ2n) is 10.7. The molecule has 3 nitrogen and oxygen atoms in total. The van der Waals surface area contributed by atoms with Crippen molar-refractivity contribution in [2.75, 3.05) is 6.61 Å². The van der Waals surface area contributed by atoms with Crippen LogP contribution in [0.15, 0.2) is 0 Å². The van der Waals surface area contributed by atoms with Crippen molar-refractivity contribution in [3.8, 4) is 0 Å².